The summed E-state index contributed by atoms with van der Waals surface area (Å²) in [6.45, 7) is 3.12. The third kappa shape index (κ3) is 2.53. The molecule has 108 valence electrons. The van der Waals surface area contributed by atoms with Crippen molar-refractivity contribution in [2.75, 3.05) is 6.26 Å². The summed E-state index contributed by atoms with van der Waals surface area (Å²) in [5.41, 5.74) is 5.74. The second-order valence-electron chi connectivity index (χ2n) is 5.92. The maximum absolute atomic E-state index is 11.8. The number of nitrogens with two attached hydrogens (primary N) is 1. The molecule has 1 aliphatic rings. The molecule has 0 amide bonds. The molecule has 2 N–H and O–H groups in total. The van der Waals surface area contributed by atoms with Crippen LogP contribution in [0, 0.1) is 0 Å². The Kier molecular flexibility index (Phi) is 3.47. The number of aromatic nitrogens is 2. The Morgan fingerprint density at radius 1 is 1.26 bits per heavy atom. The van der Waals surface area contributed by atoms with Gasteiger partial charge in [-0.15, -0.1) is 0 Å². The van der Waals surface area contributed by atoms with E-state index in [9.17, 15) is 8.42 Å². The topological polar surface area (TPSA) is 99.1 Å². The molecule has 0 saturated heterocycles. The number of nitrogens with zero attached hydrogens (tertiary/aromatic N) is 2. The second-order valence-corrected chi connectivity index (χ2v) is 8.49. The van der Waals surface area contributed by atoms with Crippen LogP contribution in [-0.2, 0) is 20.1 Å². The van der Waals surface area contributed by atoms with Crippen molar-refractivity contribution in [3.8, 4) is 0 Å². The molecule has 1 heterocycles. The van der Waals surface area contributed by atoms with Crippen LogP contribution >= 0.6 is 0 Å². The summed E-state index contributed by atoms with van der Waals surface area (Å²) in [4.78, 5) is 4.26. The first-order valence-electron chi connectivity index (χ1n) is 6.50. The lowest BCUT2D eigenvalue weighted by atomic mass is 9.82. The van der Waals surface area contributed by atoms with Crippen molar-refractivity contribution in [1.29, 1.82) is 0 Å². The Morgan fingerprint density at radius 2 is 1.84 bits per heavy atom. The Morgan fingerprint density at radius 3 is 2.37 bits per heavy atom. The van der Waals surface area contributed by atoms with Crippen molar-refractivity contribution in [2.45, 2.75) is 56.2 Å². The molecular weight excluding hydrogens is 266 g/mol. The number of hydrogen-bond donors (Lipinski definition) is 1. The predicted octanol–water partition coefficient (Wildman–Crippen LogP) is 1.47. The smallest absolute Gasteiger partial charge is 0.247 e. The molecule has 0 bridgehead atoms. The summed E-state index contributed by atoms with van der Waals surface area (Å²) in [6, 6.07) is 0. The van der Waals surface area contributed by atoms with Crippen LogP contribution in [0.4, 0.5) is 0 Å². The van der Waals surface area contributed by atoms with Gasteiger partial charge in [-0.2, -0.15) is 4.98 Å². The lowest BCUT2D eigenvalue weighted by molar-refractivity contribution is 0.271. The zero-order valence-corrected chi connectivity index (χ0v) is 12.5. The van der Waals surface area contributed by atoms with E-state index < -0.39 is 20.1 Å². The van der Waals surface area contributed by atoms with Crippen molar-refractivity contribution in [1.82, 2.24) is 10.1 Å². The van der Waals surface area contributed by atoms with Gasteiger partial charge in [-0.3, -0.25) is 0 Å². The van der Waals surface area contributed by atoms with Crippen LogP contribution in [0.25, 0.3) is 0 Å². The van der Waals surface area contributed by atoms with Crippen molar-refractivity contribution in [2.24, 2.45) is 5.73 Å². The molecule has 1 saturated carbocycles. The average Bonchev–Trinajstić information content (AvgIpc) is 2.78. The molecule has 1 aromatic heterocycles. The van der Waals surface area contributed by atoms with Crippen molar-refractivity contribution < 1.29 is 12.9 Å². The van der Waals surface area contributed by atoms with E-state index >= 15 is 0 Å². The highest BCUT2D eigenvalue weighted by molar-refractivity contribution is 7.91. The fourth-order valence-corrected chi connectivity index (χ4v) is 2.64. The first-order valence-corrected chi connectivity index (χ1v) is 8.39. The summed E-state index contributed by atoms with van der Waals surface area (Å²) < 4.78 is 27.5. The largest absolute Gasteiger partial charge is 0.338 e. The van der Waals surface area contributed by atoms with Crippen LogP contribution < -0.4 is 5.73 Å². The first kappa shape index (κ1) is 14.5. The Hall–Kier alpha value is -0.950. The highest BCUT2D eigenvalue weighted by Gasteiger charge is 2.41. The second kappa shape index (κ2) is 4.56. The monoisotopic (exact) mass is 287 g/mol. The van der Waals surface area contributed by atoms with E-state index in [0.717, 1.165) is 31.9 Å². The minimum absolute atomic E-state index is 0.111. The molecule has 2 rings (SSSR count). The van der Waals surface area contributed by atoms with E-state index in [2.05, 4.69) is 10.1 Å². The van der Waals surface area contributed by atoms with Gasteiger partial charge in [0, 0.05) is 6.26 Å². The van der Waals surface area contributed by atoms with Gasteiger partial charge >= 0.3 is 0 Å². The van der Waals surface area contributed by atoms with Crippen LogP contribution in [0.3, 0.4) is 0 Å². The summed E-state index contributed by atoms with van der Waals surface area (Å²) >= 11 is 0. The minimum atomic E-state index is -3.33. The number of rotatable bonds is 3. The van der Waals surface area contributed by atoms with E-state index in [1.54, 1.807) is 13.8 Å². The lowest BCUT2D eigenvalue weighted by Crippen LogP contribution is -2.40. The summed E-state index contributed by atoms with van der Waals surface area (Å²) in [6.07, 6.45) is 6.02. The maximum Gasteiger partial charge on any atom is 0.247 e. The normalized spacial score (nSPS) is 20.4. The van der Waals surface area contributed by atoms with Crippen LogP contribution in [0.2, 0.25) is 0 Å². The number of hydrogen-bond acceptors (Lipinski definition) is 6. The first-order chi connectivity index (χ1) is 8.67. The molecule has 0 aromatic carbocycles. The third-order valence-corrected chi connectivity index (χ3v) is 6.09. The van der Waals surface area contributed by atoms with Gasteiger partial charge in [-0.05, 0) is 26.7 Å². The lowest BCUT2D eigenvalue weighted by Gasteiger charge is -2.29. The van der Waals surface area contributed by atoms with Gasteiger partial charge in [0.2, 0.25) is 5.89 Å². The molecule has 1 aromatic rings. The van der Waals surface area contributed by atoms with Gasteiger partial charge in [0.15, 0.2) is 15.7 Å². The van der Waals surface area contributed by atoms with Gasteiger partial charge in [-0.1, -0.05) is 24.4 Å². The molecule has 6 nitrogen and oxygen atoms in total. The van der Waals surface area contributed by atoms with E-state index in [4.69, 9.17) is 10.3 Å². The van der Waals surface area contributed by atoms with Gasteiger partial charge in [0.25, 0.3) is 0 Å². The van der Waals surface area contributed by atoms with Crippen molar-refractivity contribution in [3.05, 3.63) is 11.7 Å². The standard InChI is InChI=1S/C12H21N3O3S/c1-11(2,19(3,16)17)10-14-9(15-18-10)12(13)7-5-4-6-8-12/h4-8,13H2,1-3H3. The van der Waals surface area contributed by atoms with E-state index in [-0.39, 0.29) is 5.89 Å². The highest BCUT2D eigenvalue weighted by Crippen LogP contribution is 2.35. The van der Waals surface area contributed by atoms with Gasteiger partial charge in [-0.25, -0.2) is 8.42 Å². The Bertz CT molecular complexity index is 557. The number of sulfone groups is 1. The van der Waals surface area contributed by atoms with E-state index in [0.29, 0.717) is 5.82 Å². The van der Waals surface area contributed by atoms with Crippen LogP contribution in [-0.4, -0.2) is 24.8 Å². The summed E-state index contributed by atoms with van der Waals surface area (Å²) in [5, 5.41) is 3.92. The molecule has 7 heteroatoms. The SMILES string of the molecule is CC(C)(c1nc(C2(N)CCCCC2)no1)S(C)(=O)=O. The van der Waals surface area contributed by atoms with Crippen molar-refractivity contribution in [3.63, 3.8) is 0 Å². The minimum Gasteiger partial charge on any atom is -0.338 e. The third-order valence-electron chi connectivity index (χ3n) is 4.06. The van der Waals surface area contributed by atoms with Crippen molar-refractivity contribution >= 4 is 9.84 Å². The molecule has 0 unspecified atom stereocenters. The average molecular weight is 287 g/mol. The quantitative estimate of drug-likeness (QED) is 0.903. The molecular formula is C12H21N3O3S. The summed E-state index contributed by atoms with van der Waals surface area (Å²) in [5.74, 6) is 0.541. The predicted molar refractivity (Wildman–Crippen MR) is 71.1 cm³/mol. The Balaban J connectivity index is 2.34. The molecule has 0 radical (unpaired) electrons. The molecule has 19 heavy (non-hydrogen) atoms. The zero-order valence-electron chi connectivity index (χ0n) is 11.6. The molecule has 0 aliphatic heterocycles. The van der Waals surface area contributed by atoms with Crippen LogP contribution in [0.5, 0.6) is 0 Å². The van der Waals surface area contributed by atoms with E-state index in [1.807, 2.05) is 0 Å². The fraction of sp³-hybridized carbons (Fsp3) is 0.833. The molecule has 0 atom stereocenters. The van der Waals surface area contributed by atoms with Gasteiger partial charge in [0.05, 0.1) is 5.54 Å². The summed E-state index contributed by atoms with van der Waals surface area (Å²) in [7, 11) is -3.33. The molecule has 0 spiro atoms. The van der Waals surface area contributed by atoms with Crippen LogP contribution in [0.15, 0.2) is 4.52 Å². The molecule has 1 aliphatic carbocycles. The Labute approximate surface area is 113 Å². The maximum atomic E-state index is 11.8. The van der Waals surface area contributed by atoms with Gasteiger partial charge < -0.3 is 10.3 Å². The van der Waals surface area contributed by atoms with E-state index in [1.165, 1.54) is 6.42 Å². The van der Waals surface area contributed by atoms with Gasteiger partial charge in [0.1, 0.15) is 4.75 Å². The highest BCUT2D eigenvalue weighted by atomic mass is 32.2. The zero-order chi connectivity index (χ0) is 14.3. The molecule has 1 fully saturated rings. The fourth-order valence-electron chi connectivity index (χ4n) is 2.24. The van der Waals surface area contributed by atoms with Crippen LogP contribution in [0.1, 0.15) is 57.7 Å².